The molecule has 0 aromatic heterocycles. The number of hydrogen-bond donors (Lipinski definition) is 1. The third kappa shape index (κ3) is 4.69. The highest BCUT2D eigenvalue weighted by Gasteiger charge is 2.26. The Morgan fingerprint density at radius 1 is 1.48 bits per heavy atom. The molecular weight excluding hydrogens is 290 g/mol. The fraction of sp³-hybridized carbons (Fsp3) is 0.600. The van der Waals surface area contributed by atoms with Crippen molar-refractivity contribution in [3.63, 3.8) is 0 Å². The highest BCUT2D eigenvalue weighted by atomic mass is 32.2. The SMILES string of the molecule is CNC(CS(=O)(=O)CC1CCCO1)c1cccc(OC)c1. The molecule has 1 saturated heterocycles. The van der Waals surface area contributed by atoms with Gasteiger partial charge in [0.1, 0.15) is 5.75 Å². The Bertz CT molecular complexity index is 553. The van der Waals surface area contributed by atoms with Crippen molar-refractivity contribution in [2.24, 2.45) is 0 Å². The number of sulfone groups is 1. The van der Waals surface area contributed by atoms with Gasteiger partial charge < -0.3 is 14.8 Å². The van der Waals surface area contributed by atoms with Crippen LogP contribution in [0.5, 0.6) is 5.75 Å². The summed E-state index contributed by atoms with van der Waals surface area (Å²) < 4.78 is 35.3. The van der Waals surface area contributed by atoms with Gasteiger partial charge in [-0.05, 0) is 37.6 Å². The maximum atomic E-state index is 12.3. The Balaban J connectivity index is 2.06. The average molecular weight is 313 g/mol. The molecule has 1 aromatic carbocycles. The summed E-state index contributed by atoms with van der Waals surface area (Å²) >= 11 is 0. The molecule has 2 atom stereocenters. The van der Waals surface area contributed by atoms with Crippen molar-refractivity contribution in [3.8, 4) is 5.75 Å². The summed E-state index contributed by atoms with van der Waals surface area (Å²) in [7, 11) is 0.196. The van der Waals surface area contributed by atoms with Crippen LogP contribution in [0.2, 0.25) is 0 Å². The quantitative estimate of drug-likeness (QED) is 0.827. The van der Waals surface area contributed by atoms with Crippen LogP contribution >= 0.6 is 0 Å². The Labute approximate surface area is 126 Å². The van der Waals surface area contributed by atoms with E-state index >= 15 is 0 Å². The first kappa shape index (κ1) is 16.3. The lowest BCUT2D eigenvalue weighted by Gasteiger charge is -2.18. The standard InChI is InChI=1S/C15H23NO4S/c1-16-15(12-5-3-6-13(9-12)19-2)11-21(17,18)10-14-7-4-8-20-14/h3,5-6,9,14-16H,4,7-8,10-11H2,1-2H3. The molecule has 0 radical (unpaired) electrons. The van der Waals surface area contributed by atoms with Gasteiger partial charge in [0, 0.05) is 12.6 Å². The van der Waals surface area contributed by atoms with Gasteiger partial charge >= 0.3 is 0 Å². The molecule has 1 aliphatic rings. The minimum absolute atomic E-state index is 0.0660. The van der Waals surface area contributed by atoms with Gasteiger partial charge in [-0.2, -0.15) is 0 Å². The maximum Gasteiger partial charge on any atom is 0.154 e. The van der Waals surface area contributed by atoms with Crippen LogP contribution in [-0.2, 0) is 14.6 Å². The van der Waals surface area contributed by atoms with Crippen molar-refractivity contribution in [1.82, 2.24) is 5.32 Å². The summed E-state index contributed by atoms with van der Waals surface area (Å²) in [6.07, 6.45) is 1.64. The molecule has 0 spiro atoms. The second kappa shape index (κ2) is 7.24. The zero-order chi connectivity index (χ0) is 15.3. The van der Waals surface area contributed by atoms with Gasteiger partial charge in [0.2, 0.25) is 0 Å². The summed E-state index contributed by atoms with van der Waals surface area (Å²) in [6, 6.07) is 7.24. The van der Waals surface area contributed by atoms with Crippen LogP contribution in [0, 0.1) is 0 Å². The molecule has 118 valence electrons. The first-order valence-corrected chi connectivity index (χ1v) is 8.99. The molecule has 1 aromatic rings. The second-order valence-corrected chi connectivity index (χ2v) is 7.48. The summed E-state index contributed by atoms with van der Waals surface area (Å²) in [5, 5.41) is 3.08. The van der Waals surface area contributed by atoms with E-state index in [0.717, 1.165) is 24.2 Å². The zero-order valence-electron chi connectivity index (χ0n) is 12.5. The lowest BCUT2D eigenvalue weighted by molar-refractivity contribution is 0.127. The van der Waals surface area contributed by atoms with E-state index in [0.29, 0.717) is 6.61 Å². The molecule has 1 aliphatic heterocycles. The fourth-order valence-electron chi connectivity index (χ4n) is 2.59. The van der Waals surface area contributed by atoms with Crippen molar-refractivity contribution >= 4 is 9.84 Å². The third-order valence-electron chi connectivity index (χ3n) is 3.73. The topological polar surface area (TPSA) is 64.6 Å². The Morgan fingerprint density at radius 2 is 2.29 bits per heavy atom. The summed E-state index contributed by atoms with van der Waals surface area (Å²) in [4.78, 5) is 0. The number of hydrogen-bond acceptors (Lipinski definition) is 5. The molecule has 0 bridgehead atoms. The lowest BCUT2D eigenvalue weighted by Crippen LogP contribution is -2.30. The average Bonchev–Trinajstić information content (AvgIpc) is 2.97. The normalized spacial score (nSPS) is 20.4. The van der Waals surface area contributed by atoms with Crippen molar-refractivity contribution < 1.29 is 17.9 Å². The third-order valence-corrected chi connectivity index (χ3v) is 5.45. The van der Waals surface area contributed by atoms with Crippen LogP contribution in [0.1, 0.15) is 24.4 Å². The van der Waals surface area contributed by atoms with Gasteiger partial charge in [-0.15, -0.1) is 0 Å². The van der Waals surface area contributed by atoms with Gasteiger partial charge in [-0.3, -0.25) is 0 Å². The van der Waals surface area contributed by atoms with Gasteiger partial charge in [-0.1, -0.05) is 12.1 Å². The van der Waals surface area contributed by atoms with Crippen molar-refractivity contribution in [1.29, 1.82) is 0 Å². The highest BCUT2D eigenvalue weighted by Crippen LogP contribution is 2.22. The first-order valence-electron chi connectivity index (χ1n) is 7.17. The van der Waals surface area contributed by atoms with Crippen LogP contribution in [0.3, 0.4) is 0 Å². The summed E-state index contributed by atoms with van der Waals surface area (Å²) in [6.45, 7) is 0.672. The number of methoxy groups -OCH3 is 1. The van der Waals surface area contributed by atoms with Crippen LogP contribution in [-0.4, -0.2) is 46.8 Å². The predicted octanol–water partition coefficient (Wildman–Crippen LogP) is 1.55. The zero-order valence-corrected chi connectivity index (χ0v) is 13.4. The number of rotatable bonds is 7. The molecule has 1 fully saturated rings. The van der Waals surface area contributed by atoms with E-state index in [1.807, 2.05) is 24.3 Å². The highest BCUT2D eigenvalue weighted by molar-refractivity contribution is 7.91. The number of benzene rings is 1. The minimum Gasteiger partial charge on any atom is -0.497 e. The van der Waals surface area contributed by atoms with Crippen LogP contribution < -0.4 is 10.1 Å². The van der Waals surface area contributed by atoms with Gasteiger partial charge in [0.25, 0.3) is 0 Å². The molecule has 2 unspecified atom stereocenters. The van der Waals surface area contributed by atoms with E-state index in [1.54, 1.807) is 14.2 Å². The van der Waals surface area contributed by atoms with E-state index in [-0.39, 0.29) is 23.7 Å². The number of nitrogens with one attached hydrogen (secondary N) is 1. The van der Waals surface area contributed by atoms with Crippen molar-refractivity contribution in [2.45, 2.75) is 25.0 Å². The smallest absolute Gasteiger partial charge is 0.154 e. The van der Waals surface area contributed by atoms with Crippen LogP contribution in [0.4, 0.5) is 0 Å². The van der Waals surface area contributed by atoms with Gasteiger partial charge in [-0.25, -0.2) is 8.42 Å². The molecule has 6 heteroatoms. The van der Waals surface area contributed by atoms with E-state index in [9.17, 15) is 8.42 Å². The molecular formula is C15H23NO4S. The van der Waals surface area contributed by atoms with Crippen LogP contribution in [0.25, 0.3) is 0 Å². The molecule has 0 saturated carbocycles. The Morgan fingerprint density at radius 3 is 2.90 bits per heavy atom. The van der Waals surface area contributed by atoms with Crippen molar-refractivity contribution in [2.75, 3.05) is 32.3 Å². The fourth-order valence-corrected chi connectivity index (χ4v) is 4.42. The lowest BCUT2D eigenvalue weighted by atomic mass is 10.1. The molecule has 1 N–H and O–H groups in total. The van der Waals surface area contributed by atoms with Crippen molar-refractivity contribution in [3.05, 3.63) is 29.8 Å². The molecule has 5 nitrogen and oxygen atoms in total. The molecule has 0 amide bonds. The molecule has 21 heavy (non-hydrogen) atoms. The first-order chi connectivity index (χ1) is 10.0. The predicted molar refractivity (Wildman–Crippen MR) is 82.4 cm³/mol. The molecule has 2 rings (SSSR count). The summed E-state index contributed by atoms with van der Waals surface area (Å²) in [5.41, 5.74) is 0.910. The van der Waals surface area contributed by atoms with Gasteiger partial charge in [0.05, 0.1) is 24.7 Å². The van der Waals surface area contributed by atoms with E-state index in [4.69, 9.17) is 9.47 Å². The number of ether oxygens (including phenoxy) is 2. The monoisotopic (exact) mass is 313 g/mol. The Hall–Kier alpha value is -1.11. The second-order valence-electron chi connectivity index (χ2n) is 5.33. The maximum absolute atomic E-state index is 12.3. The van der Waals surface area contributed by atoms with Gasteiger partial charge in [0.15, 0.2) is 9.84 Å². The van der Waals surface area contributed by atoms with E-state index in [2.05, 4.69) is 5.32 Å². The summed E-state index contributed by atoms with van der Waals surface area (Å²) in [5.74, 6) is 0.898. The largest absolute Gasteiger partial charge is 0.497 e. The molecule has 1 heterocycles. The van der Waals surface area contributed by atoms with E-state index in [1.165, 1.54) is 0 Å². The van der Waals surface area contributed by atoms with Crippen LogP contribution in [0.15, 0.2) is 24.3 Å². The Kier molecular flexibility index (Phi) is 5.61. The minimum atomic E-state index is -3.17. The van der Waals surface area contributed by atoms with E-state index < -0.39 is 9.84 Å². The molecule has 0 aliphatic carbocycles.